The molecule has 0 aromatic heterocycles. The summed E-state index contributed by atoms with van der Waals surface area (Å²) >= 11 is 0. The van der Waals surface area contributed by atoms with Gasteiger partial charge in [0.15, 0.2) is 0 Å². The summed E-state index contributed by atoms with van der Waals surface area (Å²) in [5.41, 5.74) is -0.409. The van der Waals surface area contributed by atoms with E-state index in [1.54, 1.807) is 13.0 Å². The van der Waals surface area contributed by atoms with Gasteiger partial charge in [0, 0.05) is 16.7 Å². The molecule has 0 aliphatic heterocycles. The number of benzene rings is 1. The quantitative estimate of drug-likeness (QED) is 0.476. The van der Waals surface area contributed by atoms with E-state index in [-0.39, 0.29) is 16.0 Å². The van der Waals surface area contributed by atoms with Crippen LogP contribution in [0.2, 0.25) is 0 Å². The van der Waals surface area contributed by atoms with E-state index < -0.39 is 19.7 Å². The van der Waals surface area contributed by atoms with Crippen molar-refractivity contribution in [2.24, 2.45) is 0 Å². The molecule has 0 N–H and O–H groups in total. The third kappa shape index (κ3) is 2.72. The number of hydrogen-bond acceptors (Lipinski definition) is 5. The fourth-order valence-electron chi connectivity index (χ4n) is 1.35. The molecule has 8 heteroatoms. The van der Waals surface area contributed by atoms with Crippen molar-refractivity contribution in [3.05, 3.63) is 33.4 Å². The van der Waals surface area contributed by atoms with E-state index in [2.05, 4.69) is 0 Å². The third-order valence-electron chi connectivity index (χ3n) is 2.14. The van der Waals surface area contributed by atoms with Crippen molar-refractivity contribution in [2.75, 3.05) is 0 Å². The first kappa shape index (κ1) is 13.4. The van der Waals surface area contributed by atoms with Crippen molar-refractivity contribution in [3.8, 4) is 6.07 Å². The maximum atomic E-state index is 11.1. The van der Waals surface area contributed by atoms with Crippen molar-refractivity contribution in [2.45, 2.75) is 18.2 Å². The van der Waals surface area contributed by atoms with Crippen molar-refractivity contribution in [3.63, 3.8) is 0 Å². The lowest BCUT2D eigenvalue weighted by Gasteiger charge is -2.04. The molecule has 0 bridgehead atoms. The minimum atomic E-state index is -4.06. The molecular weight excluding hydrogens is 268 g/mol. The lowest BCUT2D eigenvalue weighted by Crippen LogP contribution is -2.01. The number of aryl methyl sites for hydroxylation is 1. The molecule has 0 aliphatic carbocycles. The van der Waals surface area contributed by atoms with E-state index in [1.807, 2.05) is 0 Å². The van der Waals surface area contributed by atoms with Gasteiger partial charge in [0.2, 0.25) is 0 Å². The number of nitro groups is 1. The normalized spacial score (nSPS) is 10.9. The summed E-state index contributed by atoms with van der Waals surface area (Å²) in [4.78, 5) is 9.57. The molecule has 1 rings (SSSR count). The highest BCUT2D eigenvalue weighted by molar-refractivity contribution is 8.13. The SMILES string of the molecule is CCc1cc(S(=O)(=O)Cl)cc([N+](=O)[O-])c1C#N. The Bertz CT molecular complexity index is 619. The Morgan fingerprint density at radius 3 is 2.47 bits per heavy atom. The Hall–Kier alpha value is -1.65. The minimum absolute atomic E-state index is 0.137. The van der Waals surface area contributed by atoms with Crippen LogP contribution in [0.4, 0.5) is 5.69 Å². The van der Waals surface area contributed by atoms with Gasteiger partial charge in [-0.2, -0.15) is 5.26 Å². The third-order valence-corrected chi connectivity index (χ3v) is 3.48. The number of halogens is 1. The second-order valence-electron chi connectivity index (χ2n) is 3.14. The van der Waals surface area contributed by atoms with Crippen molar-refractivity contribution < 1.29 is 13.3 Å². The van der Waals surface area contributed by atoms with Gasteiger partial charge in [-0.05, 0) is 18.1 Å². The van der Waals surface area contributed by atoms with Crippen LogP contribution in [-0.2, 0) is 15.5 Å². The van der Waals surface area contributed by atoms with Gasteiger partial charge in [-0.25, -0.2) is 8.42 Å². The Morgan fingerprint density at radius 1 is 1.53 bits per heavy atom. The fourth-order valence-corrected chi connectivity index (χ4v) is 2.15. The van der Waals surface area contributed by atoms with Gasteiger partial charge in [-0.1, -0.05) is 6.92 Å². The fraction of sp³-hybridized carbons (Fsp3) is 0.222. The molecule has 0 heterocycles. The van der Waals surface area contributed by atoms with Gasteiger partial charge in [-0.3, -0.25) is 10.1 Å². The number of hydrogen-bond donors (Lipinski definition) is 0. The molecule has 0 atom stereocenters. The molecule has 0 saturated carbocycles. The van der Waals surface area contributed by atoms with Crippen molar-refractivity contribution >= 4 is 25.4 Å². The molecule has 0 amide bonds. The Kier molecular flexibility index (Phi) is 3.70. The van der Waals surface area contributed by atoms with Gasteiger partial charge < -0.3 is 0 Å². The van der Waals surface area contributed by atoms with Crippen LogP contribution in [0, 0.1) is 21.4 Å². The van der Waals surface area contributed by atoms with Crippen molar-refractivity contribution in [1.82, 2.24) is 0 Å². The van der Waals surface area contributed by atoms with Crippen LogP contribution in [0.15, 0.2) is 17.0 Å². The number of rotatable bonds is 3. The van der Waals surface area contributed by atoms with Gasteiger partial charge in [0.1, 0.15) is 11.6 Å². The van der Waals surface area contributed by atoms with Crippen LogP contribution in [-0.4, -0.2) is 13.3 Å². The van der Waals surface area contributed by atoms with Crippen LogP contribution in [0.1, 0.15) is 18.1 Å². The zero-order valence-electron chi connectivity index (χ0n) is 8.68. The van der Waals surface area contributed by atoms with Crippen LogP contribution in [0.25, 0.3) is 0 Å². The first-order valence-electron chi connectivity index (χ1n) is 4.47. The minimum Gasteiger partial charge on any atom is -0.258 e. The van der Waals surface area contributed by atoms with Crippen LogP contribution >= 0.6 is 10.7 Å². The highest BCUT2D eigenvalue weighted by atomic mass is 35.7. The number of nitrogens with zero attached hydrogens (tertiary/aromatic N) is 2. The van der Waals surface area contributed by atoms with E-state index >= 15 is 0 Å². The predicted octanol–water partition coefficient (Wildman–Crippen LogP) is 1.96. The average molecular weight is 275 g/mol. The molecular formula is C9H7ClN2O4S. The Labute approximate surface area is 102 Å². The summed E-state index contributed by atoms with van der Waals surface area (Å²) in [7, 11) is 1.07. The molecule has 1 aromatic carbocycles. The molecule has 0 aliphatic rings. The molecule has 0 radical (unpaired) electrons. The van der Waals surface area contributed by atoms with Gasteiger partial charge in [-0.15, -0.1) is 0 Å². The first-order chi connectivity index (χ1) is 7.81. The second-order valence-corrected chi connectivity index (χ2v) is 5.70. The van der Waals surface area contributed by atoms with E-state index in [9.17, 15) is 18.5 Å². The summed E-state index contributed by atoms with van der Waals surface area (Å²) in [5, 5.41) is 19.6. The zero-order chi connectivity index (χ0) is 13.2. The zero-order valence-corrected chi connectivity index (χ0v) is 10.2. The summed E-state index contributed by atoms with van der Waals surface area (Å²) in [5.74, 6) is 0. The smallest absolute Gasteiger partial charge is 0.258 e. The Balaban J connectivity index is 3.71. The van der Waals surface area contributed by atoms with Crippen molar-refractivity contribution in [1.29, 1.82) is 5.26 Å². The van der Waals surface area contributed by atoms with E-state index in [0.29, 0.717) is 6.42 Å². The van der Waals surface area contributed by atoms with Gasteiger partial charge >= 0.3 is 0 Å². The lowest BCUT2D eigenvalue weighted by atomic mass is 10.0. The number of nitro benzene ring substituents is 1. The van der Waals surface area contributed by atoms with E-state index in [0.717, 1.165) is 6.07 Å². The van der Waals surface area contributed by atoms with Crippen LogP contribution in [0.3, 0.4) is 0 Å². The van der Waals surface area contributed by atoms with E-state index in [4.69, 9.17) is 15.9 Å². The summed E-state index contributed by atoms with van der Waals surface area (Å²) in [6.07, 6.45) is 0.296. The number of nitriles is 1. The molecule has 90 valence electrons. The van der Waals surface area contributed by atoms with Gasteiger partial charge in [0.05, 0.1) is 9.82 Å². The summed E-state index contributed by atoms with van der Waals surface area (Å²) in [6.45, 7) is 1.66. The molecule has 6 nitrogen and oxygen atoms in total. The molecule has 0 saturated heterocycles. The second kappa shape index (κ2) is 4.69. The maximum Gasteiger partial charge on any atom is 0.288 e. The largest absolute Gasteiger partial charge is 0.288 e. The highest BCUT2D eigenvalue weighted by Crippen LogP contribution is 2.28. The summed E-state index contributed by atoms with van der Waals surface area (Å²) in [6, 6.07) is 3.66. The molecule has 0 fully saturated rings. The van der Waals surface area contributed by atoms with Gasteiger partial charge in [0.25, 0.3) is 14.7 Å². The monoisotopic (exact) mass is 274 g/mol. The lowest BCUT2D eigenvalue weighted by molar-refractivity contribution is -0.385. The highest BCUT2D eigenvalue weighted by Gasteiger charge is 2.23. The first-order valence-corrected chi connectivity index (χ1v) is 6.78. The Morgan fingerprint density at radius 2 is 2.12 bits per heavy atom. The standard InChI is InChI=1S/C9H7ClN2O4S/c1-2-6-3-7(17(10,15)16)4-9(12(13)14)8(6)5-11/h3-4H,2H2,1H3. The van der Waals surface area contributed by atoms with Crippen LogP contribution < -0.4 is 0 Å². The van der Waals surface area contributed by atoms with Crippen LogP contribution in [0.5, 0.6) is 0 Å². The van der Waals surface area contributed by atoms with E-state index in [1.165, 1.54) is 6.07 Å². The topological polar surface area (TPSA) is 101 Å². The molecule has 0 spiro atoms. The molecule has 0 unspecified atom stereocenters. The average Bonchev–Trinajstić information content (AvgIpc) is 2.25. The maximum absolute atomic E-state index is 11.1. The predicted molar refractivity (Wildman–Crippen MR) is 60.2 cm³/mol. The summed E-state index contributed by atoms with van der Waals surface area (Å²) < 4.78 is 22.3. The molecule has 17 heavy (non-hydrogen) atoms. The molecule has 1 aromatic rings.